The molecule has 0 aromatic heterocycles. The molecular formula is C12H13NO. The molecule has 0 saturated carbocycles. The topological polar surface area (TPSA) is 33.0 Å². The third-order valence-electron chi connectivity index (χ3n) is 2.01. The van der Waals surface area contributed by atoms with Crippen molar-refractivity contribution in [1.82, 2.24) is 0 Å². The zero-order chi connectivity index (χ0) is 10.6. The molecule has 1 aromatic rings. The summed E-state index contributed by atoms with van der Waals surface area (Å²) < 4.78 is 5.20. The van der Waals surface area contributed by atoms with E-state index in [9.17, 15) is 0 Å². The van der Waals surface area contributed by atoms with Crippen molar-refractivity contribution in [3.05, 3.63) is 35.9 Å². The molecule has 72 valence electrons. The van der Waals surface area contributed by atoms with Crippen molar-refractivity contribution in [2.75, 3.05) is 7.11 Å². The van der Waals surface area contributed by atoms with Crippen LogP contribution in [-0.4, -0.2) is 7.11 Å². The normalized spacial score (nSPS) is 9.21. The fourth-order valence-electron chi connectivity index (χ4n) is 1.29. The van der Waals surface area contributed by atoms with Gasteiger partial charge in [0, 0.05) is 5.56 Å². The van der Waals surface area contributed by atoms with E-state index in [0.29, 0.717) is 6.42 Å². The summed E-state index contributed by atoms with van der Waals surface area (Å²) in [5.74, 6) is 0.805. The second-order valence-corrected chi connectivity index (χ2v) is 3.15. The van der Waals surface area contributed by atoms with E-state index in [4.69, 9.17) is 10.00 Å². The van der Waals surface area contributed by atoms with Crippen LogP contribution in [0.25, 0.3) is 5.57 Å². The predicted octanol–water partition coefficient (Wildman–Crippen LogP) is 2.79. The molecule has 0 radical (unpaired) electrons. The van der Waals surface area contributed by atoms with Crippen LogP contribution in [0.5, 0.6) is 5.75 Å². The van der Waals surface area contributed by atoms with Gasteiger partial charge in [-0.2, -0.15) is 5.26 Å². The van der Waals surface area contributed by atoms with Crippen LogP contribution in [0.1, 0.15) is 18.1 Å². The summed E-state index contributed by atoms with van der Waals surface area (Å²) in [7, 11) is 1.63. The molecule has 0 fully saturated rings. The minimum Gasteiger partial charge on any atom is -0.496 e. The summed E-state index contributed by atoms with van der Waals surface area (Å²) in [6.07, 6.45) is 0.421. The highest BCUT2D eigenvalue weighted by Crippen LogP contribution is 2.25. The van der Waals surface area contributed by atoms with Crippen LogP contribution in [0.4, 0.5) is 0 Å². The van der Waals surface area contributed by atoms with Gasteiger partial charge in [0.2, 0.25) is 0 Å². The third kappa shape index (κ3) is 2.14. The quantitative estimate of drug-likeness (QED) is 0.729. The van der Waals surface area contributed by atoms with Gasteiger partial charge in [0.15, 0.2) is 0 Å². The van der Waals surface area contributed by atoms with E-state index in [2.05, 4.69) is 12.6 Å². The number of benzene rings is 1. The SMILES string of the molecule is C=C(C)c1cc(CC#N)ccc1OC. The fourth-order valence-corrected chi connectivity index (χ4v) is 1.29. The maximum absolute atomic E-state index is 8.57. The highest BCUT2D eigenvalue weighted by atomic mass is 16.5. The average Bonchev–Trinajstić information content (AvgIpc) is 2.18. The van der Waals surface area contributed by atoms with Gasteiger partial charge in [0.25, 0.3) is 0 Å². The lowest BCUT2D eigenvalue weighted by Crippen LogP contribution is -1.91. The van der Waals surface area contributed by atoms with E-state index >= 15 is 0 Å². The van der Waals surface area contributed by atoms with Gasteiger partial charge >= 0.3 is 0 Å². The number of hydrogen-bond donors (Lipinski definition) is 0. The molecular weight excluding hydrogens is 174 g/mol. The van der Waals surface area contributed by atoms with Crippen molar-refractivity contribution in [2.45, 2.75) is 13.3 Å². The predicted molar refractivity (Wildman–Crippen MR) is 57.0 cm³/mol. The molecule has 0 amide bonds. The Morgan fingerprint density at radius 1 is 1.57 bits per heavy atom. The smallest absolute Gasteiger partial charge is 0.126 e. The Labute approximate surface area is 84.4 Å². The van der Waals surface area contributed by atoms with Crippen LogP contribution in [0.2, 0.25) is 0 Å². The molecule has 0 aliphatic carbocycles. The second kappa shape index (κ2) is 4.48. The molecule has 0 atom stereocenters. The first-order valence-corrected chi connectivity index (χ1v) is 4.38. The minimum atomic E-state index is 0.421. The van der Waals surface area contributed by atoms with Crippen LogP contribution in [0, 0.1) is 11.3 Å². The lowest BCUT2D eigenvalue weighted by atomic mass is 10.0. The zero-order valence-corrected chi connectivity index (χ0v) is 8.50. The van der Waals surface area contributed by atoms with E-state index in [1.807, 2.05) is 25.1 Å². The maximum Gasteiger partial charge on any atom is 0.126 e. The molecule has 14 heavy (non-hydrogen) atoms. The van der Waals surface area contributed by atoms with Crippen molar-refractivity contribution in [3.63, 3.8) is 0 Å². The van der Waals surface area contributed by atoms with Crippen LogP contribution < -0.4 is 4.74 Å². The number of nitrogens with zero attached hydrogens (tertiary/aromatic N) is 1. The molecule has 0 unspecified atom stereocenters. The highest BCUT2D eigenvalue weighted by molar-refractivity contribution is 5.67. The molecule has 0 spiro atoms. The van der Waals surface area contributed by atoms with Gasteiger partial charge in [-0.1, -0.05) is 12.6 Å². The van der Waals surface area contributed by atoms with Crippen LogP contribution in [0.3, 0.4) is 0 Å². The number of hydrogen-bond acceptors (Lipinski definition) is 2. The third-order valence-corrected chi connectivity index (χ3v) is 2.01. The van der Waals surface area contributed by atoms with Gasteiger partial charge in [0.1, 0.15) is 5.75 Å². The highest BCUT2D eigenvalue weighted by Gasteiger charge is 2.04. The Bertz CT molecular complexity index is 388. The van der Waals surface area contributed by atoms with Gasteiger partial charge in [0.05, 0.1) is 19.6 Å². The zero-order valence-electron chi connectivity index (χ0n) is 8.50. The Kier molecular flexibility index (Phi) is 3.30. The second-order valence-electron chi connectivity index (χ2n) is 3.15. The lowest BCUT2D eigenvalue weighted by Gasteiger charge is -2.09. The Balaban J connectivity index is 3.15. The van der Waals surface area contributed by atoms with Gasteiger partial charge in [-0.05, 0) is 30.2 Å². The number of methoxy groups -OCH3 is 1. The molecule has 0 N–H and O–H groups in total. The van der Waals surface area contributed by atoms with E-state index in [1.165, 1.54) is 0 Å². The largest absolute Gasteiger partial charge is 0.496 e. The van der Waals surface area contributed by atoms with E-state index in [0.717, 1.165) is 22.4 Å². The summed E-state index contributed by atoms with van der Waals surface area (Å²) in [6.45, 7) is 5.80. The summed E-state index contributed by atoms with van der Waals surface area (Å²) in [4.78, 5) is 0. The molecule has 1 rings (SSSR count). The van der Waals surface area contributed by atoms with Gasteiger partial charge in [-0.15, -0.1) is 0 Å². The van der Waals surface area contributed by atoms with Crippen LogP contribution in [0.15, 0.2) is 24.8 Å². The first-order valence-electron chi connectivity index (χ1n) is 4.38. The van der Waals surface area contributed by atoms with Crippen molar-refractivity contribution < 1.29 is 4.74 Å². The molecule has 2 nitrogen and oxygen atoms in total. The lowest BCUT2D eigenvalue weighted by molar-refractivity contribution is 0.413. The molecule has 0 saturated heterocycles. The fraction of sp³-hybridized carbons (Fsp3) is 0.250. The summed E-state index contributed by atoms with van der Waals surface area (Å²) >= 11 is 0. The maximum atomic E-state index is 8.57. The Hall–Kier alpha value is -1.75. The molecule has 0 aliphatic rings. The first kappa shape index (κ1) is 10.3. The first-order chi connectivity index (χ1) is 6.69. The standard InChI is InChI=1S/C12H13NO/c1-9(2)11-8-10(6-7-13)4-5-12(11)14-3/h4-5,8H,1,6H2,2-3H3. The van der Waals surface area contributed by atoms with Gasteiger partial charge < -0.3 is 4.74 Å². The summed E-state index contributed by atoms with van der Waals surface area (Å²) in [6, 6.07) is 7.83. The monoisotopic (exact) mass is 187 g/mol. The van der Waals surface area contributed by atoms with Gasteiger partial charge in [-0.25, -0.2) is 0 Å². The van der Waals surface area contributed by atoms with Crippen molar-refractivity contribution >= 4 is 5.57 Å². The average molecular weight is 187 g/mol. The number of allylic oxidation sites excluding steroid dienone is 1. The Morgan fingerprint density at radius 2 is 2.29 bits per heavy atom. The Morgan fingerprint density at radius 3 is 2.79 bits per heavy atom. The molecule has 1 aromatic carbocycles. The van der Waals surface area contributed by atoms with Crippen LogP contribution >= 0.6 is 0 Å². The van der Waals surface area contributed by atoms with Crippen molar-refractivity contribution in [3.8, 4) is 11.8 Å². The van der Waals surface area contributed by atoms with Crippen LogP contribution in [-0.2, 0) is 6.42 Å². The molecule has 0 aliphatic heterocycles. The molecule has 2 heteroatoms. The number of rotatable bonds is 3. The molecule has 0 bridgehead atoms. The van der Waals surface area contributed by atoms with Crippen molar-refractivity contribution in [2.24, 2.45) is 0 Å². The summed E-state index contributed by atoms with van der Waals surface area (Å²) in [5, 5.41) is 8.57. The molecule has 0 heterocycles. The minimum absolute atomic E-state index is 0.421. The van der Waals surface area contributed by atoms with E-state index in [-0.39, 0.29) is 0 Å². The van der Waals surface area contributed by atoms with Gasteiger partial charge in [-0.3, -0.25) is 0 Å². The number of ether oxygens (including phenoxy) is 1. The van der Waals surface area contributed by atoms with E-state index < -0.39 is 0 Å². The van der Waals surface area contributed by atoms with Crippen molar-refractivity contribution in [1.29, 1.82) is 5.26 Å². The number of nitriles is 1. The summed E-state index contributed by atoms with van der Waals surface area (Å²) in [5.41, 5.74) is 2.91. The van der Waals surface area contributed by atoms with E-state index in [1.54, 1.807) is 7.11 Å².